The summed E-state index contributed by atoms with van der Waals surface area (Å²) in [4.78, 5) is 0. The molecule has 0 amide bonds. The smallest absolute Gasteiger partial charge is 0.105 e. The molecule has 0 aliphatic carbocycles. The van der Waals surface area contributed by atoms with Crippen molar-refractivity contribution >= 4 is 0 Å². The van der Waals surface area contributed by atoms with E-state index in [1.54, 1.807) is 6.20 Å². The molecule has 1 aliphatic heterocycles. The van der Waals surface area contributed by atoms with Crippen LogP contribution in [-0.4, -0.2) is 23.3 Å². The van der Waals surface area contributed by atoms with Gasteiger partial charge in [0, 0.05) is 36.9 Å². The molecule has 0 saturated carbocycles. The molecule has 2 N–H and O–H groups in total. The van der Waals surface area contributed by atoms with Crippen molar-refractivity contribution in [2.75, 3.05) is 13.2 Å². The van der Waals surface area contributed by atoms with E-state index in [1.807, 2.05) is 19.9 Å². The summed E-state index contributed by atoms with van der Waals surface area (Å²) in [6, 6.07) is 4.41. The molecule has 0 radical (unpaired) electrons. The number of aryl methyl sites for hydroxylation is 2. The number of rotatable bonds is 5. The highest BCUT2D eigenvalue weighted by Crippen LogP contribution is 2.32. The van der Waals surface area contributed by atoms with Gasteiger partial charge < -0.3 is 14.5 Å². The molecule has 1 aliphatic rings. The minimum Gasteiger partial charge on any atom is -0.466 e. The van der Waals surface area contributed by atoms with Crippen LogP contribution in [-0.2, 0) is 4.74 Å². The number of nitrogens with one attached hydrogen (secondary N) is 2. The Labute approximate surface area is 131 Å². The molecule has 1 fully saturated rings. The van der Waals surface area contributed by atoms with Crippen LogP contribution in [0.1, 0.15) is 54.7 Å². The molecule has 2 aromatic rings. The van der Waals surface area contributed by atoms with Gasteiger partial charge in [0.25, 0.3) is 0 Å². The number of ether oxygens (including phenoxy) is 1. The van der Waals surface area contributed by atoms with Crippen molar-refractivity contribution in [3.8, 4) is 0 Å². The molecule has 3 atom stereocenters. The van der Waals surface area contributed by atoms with E-state index in [9.17, 15) is 0 Å². The average molecular weight is 303 g/mol. The Morgan fingerprint density at radius 3 is 3.00 bits per heavy atom. The second kappa shape index (κ2) is 6.67. The SMILES string of the molecule is Cc1cc(C(C)NC[C@@H]2CCCO[C@H]2c2ccn[nH]2)c(C)o1. The van der Waals surface area contributed by atoms with Crippen LogP contribution >= 0.6 is 0 Å². The first-order valence-corrected chi connectivity index (χ1v) is 8.06. The number of furan rings is 1. The second-order valence-corrected chi connectivity index (χ2v) is 6.20. The highest BCUT2D eigenvalue weighted by Gasteiger charge is 2.28. The van der Waals surface area contributed by atoms with Gasteiger partial charge in [0.15, 0.2) is 0 Å². The van der Waals surface area contributed by atoms with Gasteiger partial charge in [0.05, 0.1) is 5.69 Å². The molecule has 2 aromatic heterocycles. The lowest BCUT2D eigenvalue weighted by Crippen LogP contribution is -2.33. The van der Waals surface area contributed by atoms with E-state index < -0.39 is 0 Å². The lowest BCUT2D eigenvalue weighted by atomic mass is 9.91. The summed E-state index contributed by atoms with van der Waals surface area (Å²) in [6.07, 6.45) is 4.20. The predicted octanol–water partition coefficient (Wildman–Crippen LogP) is 3.44. The normalized spacial score (nSPS) is 23.6. The Hall–Kier alpha value is -1.59. The topological polar surface area (TPSA) is 63.1 Å². The largest absolute Gasteiger partial charge is 0.466 e. The van der Waals surface area contributed by atoms with E-state index in [-0.39, 0.29) is 12.1 Å². The molecule has 0 spiro atoms. The maximum Gasteiger partial charge on any atom is 0.105 e. The van der Waals surface area contributed by atoms with Crippen LogP contribution in [0.3, 0.4) is 0 Å². The standard InChI is InChI=1S/C17H25N3O2/c1-11-9-15(13(3)22-11)12(2)18-10-14-5-4-8-21-17(14)16-6-7-19-20-16/h6-7,9,12,14,17-18H,4-5,8,10H2,1-3H3,(H,19,20)/t12?,14-,17+/m0/s1. The molecule has 5 heteroatoms. The third kappa shape index (κ3) is 3.25. The highest BCUT2D eigenvalue weighted by molar-refractivity contribution is 5.23. The minimum absolute atomic E-state index is 0.114. The summed E-state index contributed by atoms with van der Waals surface area (Å²) in [5.41, 5.74) is 2.32. The zero-order valence-electron chi connectivity index (χ0n) is 13.6. The zero-order valence-corrected chi connectivity index (χ0v) is 13.6. The van der Waals surface area contributed by atoms with Crippen molar-refractivity contribution in [3.63, 3.8) is 0 Å². The first-order valence-electron chi connectivity index (χ1n) is 8.06. The van der Waals surface area contributed by atoms with Crippen LogP contribution in [0.4, 0.5) is 0 Å². The molecule has 3 rings (SSSR count). The maximum atomic E-state index is 5.97. The van der Waals surface area contributed by atoms with Crippen molar-refractivity contribution in [1.82, 2.24) is 15.5 Å². The fraction of sp³-hybridized carbons (Fsp3) is 0.588. The maximum absolute atomic E-state index is 5.97. The summed E-state index contributed by atoms with van der Waals surface area (Å²) in [5.74, 6) is 2.44. The van der Waals surface area contributed by atoms with E-state index in [4.69, 9.17) is 9.15 Å². The molecule has 5 nitrogen and oxygen atoms in total. The fourth-order valence-corrected chi connectivity index (χ4v) is 3.34. The Balaban J connectivity index is 1.63. The van der Waals surface area contributed by atoms with Crippen LogP contribution in [0.25, 0.3) is 0 Å². The number of nitrogens with zero attached hydrogens (tertiary/aromatic N) is 1. The molecule has 22 heavy (non-hydrogen) atoms. The quantitative estimate of drug-likeness (QED) is 0.888. The van der Waals surface area contributed by atoms with E-state index in [0.717, 1.165) is 36.8 Å². The van der Waals surface area contributed by atoms with Gasteiger partial charge in [-0.25, -0.2) is 0 Å². The Kier molecular flexibility index (Phi) is 4.64. The predicted molar refractivity (Wildman–Crippen MR) is 84.6 cm³/mol. The third-order valence-electron chi connectivity index (χ3n) is 4.51. The summed E-state index contributed by atoms with van der Waals surface area (Å²) < 4.78 is 11.6. The summed E-state index contributed by atoms with van der Waals surface area (Å²) in [5, 5.41) is 10.7. The molecular formula is C17H25N3O2. The molecule has 3 heterocycles. The number of aromatic amines is 1. The van der Waals surface area contributed by atoms with E-state index in [2.05, 4.69) is 28.5 Å². The van der Waals surface area contributed by atoms with Gasteiger partial charge in [-0.15, -0.1) is 0 Å². The Morgan fingerprint density at radius 1 is 1.45 bits per heavy atom. The number of aromatic nitrogens is 2. The molecule has 0 aromatic carbocycles. The van der Waals surface area contributed by atoms with Gasteiger partial charge in [-0.05, 0) is 45.7 Å². The van der Waals surface area contributed by atoms with Gasteiger partial charge in [-0.2, -0.15) is 5.10 Å². The summed E-state index contributed by atoms with van der Waals surface area (Å²) >= 11 is 0. The third-order valence-corrected chi connectivity index (χ3v) is 4.51. The van der Waals surface area contributed by atoms with Gasteiger partial charge in [0.2, 0.25) is 0 Å². The molecule has 120 valence electrons. The number of H-pyrrole nitrogens is 1. The average Bonchev–Trinajstić information content (AvgIpc) is 3.15. The first kappa shape index (κ1) is 15.3. The van der Waals surface area contributed by atoms with E-state index in [1.165, 1.54) is 12.0 Å². The van der Waals surface area contributed by atoms with Gasteiger partial charge >= 0.3 is 0 Å². The lowest BCUT2D eigenvalue weighted by molar-refractivity contribution is -0.0308. The van der Waals surface area contributed by atoms with Crippen LogP contribution < -0.4 is 5.32 Å². The highest BCUT2D eigenvalue weighted by atomic mass is 16.5. The van der Waals surface area contributed by atoms with Crippen LogP contribution in [0.15, 0.2) is 22.7 Å². The van der Waals surface area contributed by atoms with Crippen LogP contribution in [0, 0.1) is 19.8 Å². The van der Waals surface area contributed by atoms with Gasteiger partial charge in [-0.1, -0.05) is 0 Å². The fourth-order valence-electron chi connectivity index (χ4n) is 3.34. The van der Waals surface area contributed by atoms with Crippen molar-refractivity contribution in [1.29, 1.82) is 0 Å². The number of hydrogen-bond acceptors (Lipinski definition) is 4. The lowest BCUT2D eigenvalue weighted by Gasteiger charge is -2.32. The van der Waals surface area contributed by atoms with Gasteiger partial charge in [0.1, 0.15) is 17.6 Å². The monoisotopic (exact) mass is 303 g/mol. The van der Waals surface area contributed by atoms with Crippen molar-refractivity contribution < 1.29 is 9.15 Å². The minimum atomic E-state index is 0.114. The molecular weight excluding hydrogens is 278 g/mol. The molecule has 1 saturated heterocycles. The van der Waals surface area contributed by atoms with E-state index in [0.29, 0.717) is 5.92 Å². The second-order valence-electron chi connectivity index (χ2n) is 6.20. The van der Waals surface area contributed by atoms with Crippen LogP contribution in [0.5, 0.6) is 0 Å². The van der Waals surface area contributed by atoms with Gasteiger partial charge in [-0.3, -0.25) is 5.10 Å². The first-order chi connectivity index (χ1) is 10.6. The van der Waals surface area contributed by atoms with E-state index >= 15 is 0 Å². The molecule has 1 unspecified atom stereocenters. The summed E-state index contributed by atoms with van der Waals surface area (Å²) in [6.45, 7) is 7.96. The summed E-state index contributed by atoms with van der Waals surface area (Å²) in [7, 11) is 0. The number of hydrogen-bond donors (Lipinski definition) is 2. The van der Waals surface area contributed by atoms with Crippen molar-refractivity contribution in [2.24, 2.45) is 5.92 Å². The Morgan fingerprint density at radius 2 is 2.32 bits per heavy atom. The Bertz CT molecular complexity index is 591. The van der Waals surface area contributed by atoms with Crippen LogP contribution in [0.2, 0.25) is 0 Å². The zero-order chi connectivity index (χ0) is 15.5. The van der Waals surface area contributed by atoms with Crippen molar-refractivity contribution in [2.45, 2.75) is 45.8 Å². The van der Waals surface area contributed by atoms with Crippen molar-refractivity contribution in [3.05, 3.63) is 41.1 Å². The molecule has 0 bridgehead atoms.